The predicted octanol–water partition coefficient (Wildman–Crippen LogP) is 0.819. The first-order valence-electron chi connectivity index (χ1n) is 7.28. The summed E-state index contributed by atoms with van der Waals surface area (Å²) in [6.07, 6.45) is 1.69. The molecule has 1 aromatic rings. The Hall–Kier alpha value is -2.77. The van der Waals surface area contributed by atoms with E-state index in [1.54, 1.807) is 0 Å². The predicted molar refractivity (Wildman–Crippen MR) is 80.0 cm³/mol. The third kappa shape index (κ3) is 4.61. The molecule has 2 rings (SSSR count). The number of carboxylic acids is 1. The average Bonchev–Trinajstić information content (AvgIpc) is 2.56. The van der Waals surface area contributed by atoms with Crippen LogP contribution in [0.3, 0.4) is 0 Å². The van der Waals surface area contributed by atoms with Crippen LogP contribution in [0, 0.1) is 11.6 Å². The van der Waals surface area contributed by atoms with E-state index in [0.717, 1.165) is 24.3 Å². The van der Waals surface area contributed by atoms with Crippen LogP contribution < -0.4 is 0 Å². The number of piperazine rings is 1. The molecule has 1 heterocycles. The number of benzene rings is 1. The molecule has 1 aromatic carbocycles. The number of carboxylic acid groups (broad SMARTS) is 1. The smallest absolute Gasteiger partial charge is 0.328 e. The summed E-state index contributed by atoms with van der Waals surface area (Å²) in [5.41, 5.74) is 0.377. The van der Waals surface area contributed by atoms with Crippen LogP contribution in [0.1, 0.15) is 5.56 Å². The second-order valence-corrected chi connectivity index (χ2v) is 5.30. The van der Waals surface area contributed by atoms with Gasteiger partial charge in [-0.05, 0) is 17.7 Å². The van der Waals surface area contributed by atoms with Gasteiger partial charge in [-0.15, -0.1) is 0 Å². The molecule has 1 aliphatic heterocycles. The Morgan fingerprint density at radius 3 is 2.21 bits per heavy atom. The van der Waals surface area contributed by atoms with Gasteiger partial charge in [-0.3, -0.25) is 9.59 Å². The van der Waals surface area contributed by atoms with Crippen LogP contribution in [0.5, 0.6) is 0 Å². The molecule has 128 valence electrons. The zero-order valence-corrected chi connectivity index (χ0v) is 12.7. The highest BCUT2D eigenvalue weighted by molar-refractivity contribution is 5.94. The summed E-state index contributed by atoms with van der Waals surface area (Å²) in [6.45, 7) is 1.17. The normalized spacial score (nSPS) is 14.9. The summed E-state index contributed by atoms with van der Waals surface area (Å²) < 4.78 is 26.0. The lowest BCUT2D eigenvalue weighted by molar-refractivity contribution is -0.136. The first kappa shape index (κ1) is 17.6. The molecular weight excluding hydrogens is 322 g/mol. The first-order chi connectivity index (χ1) is 11.4. The summed E-state index contributed by atoms with van der Waals surface area (Å²) >= 11 is 0. The van der Waals surface area contributed by atoms with Gasteiger partial charge in [0.2, 0.25) is 11.8 Å². The first-order valence-corrected chi connectivity index (χ1v) is 7.28. The SMILES string of the molecule is O=C(O)C=CC(=O)N1CCN(C(=O)Cc2ccc(F)c(F)c2)CC1. The maximum atomic E-state index is 13.1. The van der Waals surface area contributed by atoms with Crippen LogP contribution >= 0.6 is 0 Å². The van der Waals surface area contributed by atoms with E-state index in [1.165, 1.54) is 15.9 Å². The molecule has 6 nitrogen and oxygen atoms in total. The van der Waals surface area contributed by atoms with Gasteiger partial charge in [0.25, 0.3) is 0 Å². The van der Waals surface area contributed by atoms with Crippen LogP contribution in [-0.4, -0.2) is 58.9 Å². The molecule has 0 unspecified atom stereocenters. The van der Waals surface area contributed by atoms with Gasteiger partial charge in [-0.25, -0.2) is 13.6 Å². The lowest BCUT2D eigenvalue weighted by Crippen LogP contribution is -2.50. The van der Waals surface area contributed by atoms with Crippen molar-refractivity contribution in [3.8, 4) is 0 Å². The molecule has 0 aromatic heterocycles. The number of aliphatic carboxylic acids is 1. The Labute approximate surface area is 137 Å². The standard InChI is InChI=1S/C16H16F2N2O4/c17-12-2-1-11(9-13(12)18)10-15(22)20-7-5-19(6-8-20)14(21)3-4-16(23)24/h1-4,9H,5-8,10H2,(H,23,24). The van der Waals surface area contributed by atoms with Crippen molar-refractivity contribution in [3.05, 3.63) is 47.5 Å². The van der Waals surface area contributed by atoms with Gasteiger partial charge in [0, 0.05) is 38.3 Å². The van der Waals surface area contributed by atoms with Gasteiger partial charge in [-0.2, -0.15) is 0 Å². The van der Waals surface area contributed by atoms with E-state index >= 15 is 0 Å². The van der Waals surface area contributed by atoms with E-state index in [1.807, 2.05) is 0 Å². The van der Waals surface area contributed by atoms with Gasteiger partial charge in [0.15, 0.2) is 11.6 Å². The topological polar surface area (TPSA) is 77.9 Å². The number of rotatable bonds is 4. The van der Waals surface area contributed by atoms with Crippen molar-refractivity contribution in [1.82, 2.24) is 9.80 Å². The molecule has 0 bridgehead atoms. The molecule has 0 atom stereocenters. The fraction of sp³-hybridized carbons (Fsp3) is 0.312. The maximum Gasteiger partial charge on any atom is 0.328 e. The third-order valence-corrected chi connectivity index (χ3v) is 3.65. The van der Waals surface area contributed by atoms with Crippen molar-refractivity contribution in [2.75, 3.05) is 26.2 Å². The molecule has 1 aliphatic rings. The molecule has 2 amide bonds. The average molecular weight is 338 g/mol. The van der Waals surface area contributed by atoms with E-state index in [-0.39, 0.29) is 25.4 Å². The second-order valence-electron chi connectivity index (χ2n) is 5.30. The lowest BCUT2D eigenvalue weighted by Gasteiger charge is -2.34. The number of carbonyl (C=O) groups excluding carboxylic acids is 2. The summed E-state index contributed by atoms with van der Waals surface area (Å²) in [7, 11) is 0. The Morgan fingerprint density at radius 2 is 1.62 bits per heavy atom. The Morgan fingerprint density at radius 1 is 1.00 bits per heavy atom. The summed E-state index contributed by atoms with van der Waals surface area (Å²) in [5.74, 6) is -3.84. The van der Waals surface area contributed by atoms with E-state index in [9.17, 15) is 23.2 Å². The van der Waals surface area contributed by atoms with Crippen molar-refractivity contribution >= 4 is 17.8 Å². The fourth-order valence-corrected chi connectivity index (χ4v) is 2.36. The third-order valence-electron chi connectivity index (χ3n) is 3.65. The van der Waals surface area contributed by atoms with Crippen LogP contribution in [0.25, 0.3) is 0 Å². The number of halogens is 2. The number of hydrogen-bond acceptors (Lipinski definition) is 3. The highest BCUT2D eigenvalue weighted by Gasteiger charge is 2.23. The minimum absolute atomic E-state index is 0.0515. The van der Waals surface area contributed by atoms with Crippen molar-refractivity contribution < 1.29 is 28.3 Å². The van der Waals surface area contributed by atoms with Crippen molar-refractivity contribution in [2.45, 2.75) is 6.42 Å². The fourth-order valence-electron chi connectivity index (χ4n) is 2.36. The summed E-state index contributed by atoms with van der Waals surface area (Å²) in [5, 5.41) is 8.49. The number of nitrogens with zero attached hydrogens (tertiary/aromatic N) is 2. The Balaban J connectivity index is 1.87. The second kappa shape index (κ2) is 7.67. The molecule has 1 N–H and O–H groups in total. The lowest BCUT2D eigenvalue weighted by atomic mass is 10.1. The monoisotopic (exact) mass is 338 g/mol. The number of amides is 2. The minimum atomic E-state index is -1.20. The van der Waals surface area contributed by atoms with E-state index in [4.69, 9.17) is 5.11 Å². The molecule has 1 fully saturated rings. The quantitative estimate of drug-likeness (QED) is 0.825. The Kier molecular flexibility index (Phi) is 5.62. The van der Waals surface area contributed by atoms with E-state index in [2.05, 4.69) is 0 Å². The zero-order valence-electron chi connectivity index (χ0n) is 12.7. The molecule has 0 aliphatic carbocycles. The highest BCUT2D eigenvalue weighted by atomic mass is 19.2. The molecule has 1 saturated heterocycles. The number of carbonyl (C=O) groups is 3. The zero-order chi connectivity index (χ0) is 17.7. The van der Waals surface area contributed by atoms with Gasteiger partial charge in [-0.1, -0.05) is 6.07 Å². The molecule has 0 radical (unpaired) electrons. The summed E-state index contributed by atoms with van der Waals surface area (Å²) in [4.78, 5) is 37.3. The largest absolute Gasteiger partial charge is 0.478 e. The summed E-state index contributed by atoms with van der Waals surface area (Å²) in [6, 6.07) is 3.32. The van der Waals surface area contributed by atoms with E-state index < -0.39 is 23.5 Å². The molecule has 0 spiro atoms. The van der Waals surface area contributed by atoms with Crippen molar-refractivity contribution in [1.29, 1.82) is 0 Å². The molecule has 8 heteroatoms. The van der Waals surface area contributed by atoms with Gasteiger partial charge in [0.05, 0.1) is 6.42 Å². The van der Waals surface area contributed by atoms with Crippen molar-refractivity contribution in [2.24, 2.45) is 0 Å². The highest BCUT2D eigenvalue weighted by Crippen LogP contribution is 2.11. The van der Waals surface area contributed by atoms with Crippen LogP contribution in [-0.2, 0) is 20.8 Å². The molecular formula is C16H16F2N2O4. The van der Waals surface area contributed by atoms with E-state index in [0.29, 0.717) is 18.7 Å². The molecule has 24 heavy (non-hydrogen) atoms. The number of hydrogen-bond donors (Lipinski definition) is 1. The van der Waals surface area contributed by atoms with Gasteiger partial charge in [0.1, 0.15) is 0 Å². The maximum absolute atomic E-state index is 13.1. The minimum Gasteiger partial charge on any atom is -0.478 e. The van der Waals surface area contributed by atoms with Crippen LogP contribution in [0.4, 0.5) is 8.78 Å². The van der Waals surface area contributed by atoms with Crippen LogP contribution in [0.2, 0.25) is 0 Å². The Bertz CT molecular complexity index is 683. The van der Waals surface area contributed by atoms with Crippen molar-refractivity contribution in [3.63, 3.8) is 0 Å². The van der Waals surface area contributed by atoms with Crippen LogP contribution in [0.15, 0.2) is 30.4 Å². The van der Waals surface area contributed by atoms with Gasteiger partial charge < -0.3 is 14.9 Å². The van der Waals surface area contributed by atoms with Gasteiger partial charge >= 0.3 is 5.97 Å². The molecule has 0 saturated carbocycles.